The van der Waals surface area contributed by atoms with Gasteiger partial charge in [-0.1, -0.05) is 13.0 Å². The fourth-order valence-electron chi connectivity index (χ4n) is 1.20. The van der Waals surface area contributed by atoms with Crippen molar-refractivity contribution in [1.82, 2.24) is 10.3 Å². The molecule has 1 atom stereocenters. The van der Waals surface area contributed by atoms with Crippen LogP contribution in [0.3, 0.4) is 0 Å². The zero-order valence-electron chi connectivity index (χ0n) is 9.06. The lowest BCUT2D eigenvalue weighted by Gasteiger charge is -2.09. The van der Waals surface area contributed by atoms with E-state index in [1.54, 1.807) is 6.20 Å². The van der Waals surface area contributed by atoms with E-state index in [0.29, 0.717) is 13.1 Å². The van der Waals surface area contributed by atoms with Crippen LogP contribution in [0.5, 0.6) is 0 Å². The van der Waals surface area contributed by atoms with Gasteiger partial charge in [0.2, 0.25) is 0 Å². The van der Waals surface area contributed by atoms with Crippen LogP contribution in [0, 0.1) is 5.92 Å². The monoisotopic (exact) mass is 208 g/mol. The number of nitrogens with one attached hydrogen (secondary N) is 1. The highest BCUT2D eigenvalue weighted by molar-refractivity contribution is 5.71. The van der Waals surface area contributed by atoms with E-state index in [1.807, 2.05) is 25.1 Å². The molecule has 1 rings (SSSR count). The van der Waals surface area contributed by atoms with Crippen LogP contribution in [0.2, 0.25) is 0 Å². The molecular weight excluding hydrogens is 192 g/mol. The summed E-state index contributed by atoms with van der Waals surface area (Å²) in [5.74, 6) is -0.317. The lowest BCUT2D eigenvalue weighted by atomic mass is 10.2. The summed E-state index contributed by atoms with van der Waals surface area (Å²) in [5.41, 5.74) is 0.967. The van der Waals surface area contributed by atoms with Gasteiger partial charge in [-0.15, -0.1) is 0 Å². The largest absolute Gasteiger partial charge is 0.469 e. The maximum absolute atomic E-state index is 11.1. The molecule has 82 valence electrons. The normalized spacial score (nSPS) is 12.1. The fourth-order valence-corrected chi connectivity index (χ4v) is 1.20. The molecule has 0 aliphatic carbocycles. The van der Waals surface area contributed by atoms with Crippen LogP contribution in [-0.4, -0.2) is 24.6 Å². The van der Waals surface area contributed by atoms with Crippen molar-refractivity contribution in [1.29, 1.82) is 0 Å². The number of pyridine rings is 1. The van der Waals surface area contributed by atoms with Crippen LogP contribution < -0.4 is 5.32 Å². The molecule has 0 spiro atoms. The van der Waals surface area contributed by atoms with E-state index < -0.39 is 0 Å². The van der Waals surface area contributed by atoms with Gasteiger partial charge in [0.25, 0.3) is 0 Å². The third kappa shape index (κ3) is 4.08. The van der Waals surface area contributed by atoms with Crippen molar-refractivity contribution < 1.29 is 9.53 Å². The van der Waals surface area contributed by atoms with Crippen molar-refractivity contribution >= 4 is 5.97 Å². The Bertz CT molecular complexity index is 301. The number of rotatable bonds is 5. The molecule has 0 saturated heterocycles. The summed E-state index contributed by atoms with van der Waals surface area (Å²) >= 11 is 0. The number of carbonyl (C=O) groups is 1. The Kier molecular flexibility index (Phi) is 4.77. The number of hydrogen-bond acceptors (Lipinski definition) is 4. The van der Waals surface area contributed by atoms with Gasteiger partial charge in [-0.2, -0.15) is 0 Å². The molecule has 1 unspecified atom stereocenters. The predicted molar refractivity (Wildman–Crippen MR) is 57.1 cm³/mol. The summed E-state index contributed by atoms with van der Waals surface area (Å²) in [6, 6.07) is 5.75. The van der Waals surface area contributed by atoms with Gasteiger partial charge < -0.3 is 10.1 Å². The van der Waals surface area contributed by atoms with E-state index in [0.717, 1.165) is 5.69 Å². The zero-order chi connectivity index (χ0) is 11.1. The highest BCUT2D eigenvalue weighted by Gasteiger charge is 2.11. The van der Waals surface area contributed by atoms with E-state index in [9.17, 15) is 4.79 Å². The molecular formula is C11H16N2O2. The molecule has 4 nitrogen and oxygen atoms in total. The highest BCUT2D eigenvalue weighted by Crippen LogP contribution is 1.97. The second-order valence-electron chi connectivity index (χ2n) is 3.38. The number of methoxy groups -OCH3 is 1. The minimum Gasteiger partial charge on any atom is -0.469 e. The molecule has 0 saturated carbocycles. The first kappa shape index (κ1) is 11.7. The summed E-state index contributed by atoms with van der Waals surface area (Å²) < 4.78 is 4.62. The topological polar surface area (TPSA) is 51.2 Å². The Labute approximate surface area is 89.7 Å². The SMILES string of the molecule is COC(=O)C(C)CNCc1ccccn1. The Hall–Kier alpha value is -1.42. The molecule has 0 aliphatic rings. The molecule has 0 fully saturated rings. The van der Waals surface area contributed by atoms with Gasteiger partial charge in [-0.25, -0.2) is 0 Å². The second-order valence-corrected chi connectivity index (χ2v) is 3.38. The summed E-state index contributed by atoms with van der Waals surface area (Å²) in [7, 11) is 1.40. The molecule has 1 aromatic heterocycles. The predicted octanol–water partition coefficient (Wildman–Crippen LogP) is 0.980. The lowest BCUT2D eigenvalue weighted by molar-refractivity contribution is -0.144. The van der Waals surface area contributed by atoms with E-state index in [2.05, 4.69) is 15.0 Å². The number of esters is 1. The van der Waals surface area contributed by atoms with Crippen molar-refractivity contribution in [3.05, 3.63) is 30.1 Å². The first-order valence-electron chi connectivity index (χ1n) is 4.92. The maximum Gasteiger partial charge on any atom is 0.309 e. The van der Waals surface area contributed by atoms with E-state index in [4.69, 9.17) is 0 Å². The smallest absolute Gasteiger partial charge is 0.309 e. The molecule has 4 heteroatoms. The first-order valence-corrected chi connectivity index (χ1v) is 4.92. The van der Waals surface area contributed by atoms with Crippen LogP contribution in [0.4, 0.5) is 0 Å². The molecule has 0 aliphatic heterocycles. The first-order chi connectivity index (χ1) is 7.24. The number of carbonyl (C=O) groups excluding carboxylic acids is 1. The Morgan fingerprint density at radius 2 is 2.40 bits per heavy atom. The van der Waals surface area contributed by atoms with Gasteiger partial charge in [0, 0.05) is 19.3 Å². The summed E-state index contributed by atoms with van der Waals surface area (Å²) in [5, 5.41) is 3.15. The van der Waals surface area contributed by atoms with Crippen molar-refractivity contribution in [2.75, 3.05) is 13.7 Å². The minimum atomic E-state index is -0.191. The van der Waals surface area contributed by atoms with Crippen molar-refractivity contribution in [2.45, 2.75) is 13.5 Å². The molecule has 0 amide bonds. The van der Waals surface area contributed by atoms with Gasteiger partial charge in [-0.05, 0) is 12.1 Å². The molecule has 1 aromatic rings. The molecule has 1 heterocycles. The van der Waals surface area contributed by atoms with Crippen LogP contribution in [0.15, 0.2) is 24.4 Å². The third-order valence-corrected chi connectivity index (χ3v) is 2.09. The molecule has 0 aromatic carbocycles. The quantitative estimate of drug-likeness (QED) is 0.733. The standard InChI is InChI=1S/C11H16N2O2/c1-9(11(14)15-2)7-12-8-10-5-3-4-6-13-10/h3-6,9,12H,7-8H2,1-2H3. The van der Waals surface area contributed by atoms with Crippen LogP contribution in [0.25, 0.3) is 0 Å². The molecule has 1 N–H and O–H groups in total. The number of aromatic nitrogens is 1. The van der Waals surface area contributed by atoms with Gasteiger partial charge in [-0.3, -0.25) is 9.78 Å². The fraction of sp³-hybridized carbons (Fsp3) is 0.455. The Morgan fingerprint density at radius 3 is 3.00 bits per heavy atom. The number of nitrogens with zero attached hydrogens (tertiary/aromatic N) is 1. The van der Waals surface area contributed by atoms with Crippen molar-refractivity contribution in [2.24, 2.45) is 5.92 Å². The average Bonchev–Trinajstić information content (AvgIpc) is 2.29. The average molecular weight is 208 g/mol. The minimum absolute atomic E-state index is 0.126. The van der Waals surface area contributed by atoms with E-state index in [-0.39, 0.29) is 11.9 Å². The van der Waals surface area contributed by atoms with Crippen molar-refractivity contribution in [3.8, 4) is 0 Å². The third-order valence-electron chi connectivity index (χ3n) is 2.09. The maximum atomic E-state index is 11.1. The second kappa shape index (κ2) is 6.14. The highest BCUT2D eigenvalue weighted by atomic mass is 16.5. The lowest BCUT2D eigenvalue weighted by Crippen LogP contribution is -2.27. The Morgan fingerprint density at radius 1 is 1.60 bits per heavy atom. The summed E-state index contributed by atoms with van der Waals surface area (Å²) in [4.78, 5) is 15.2. The van der Waals surface area contributed by atoms with Crippen LogP contribution >= 0.6 is 0 Å². The van der Waals surface area contributed by atoms with Crippen LogP contribution in [0.1, 0.15) is 12.6 Å². The summed E-state index contributed by atoms with van der Waals surface area (Å²) in [6.07, 6.45) is 1.75. The van der Waals surface area contributed by atoms with Gasteiger partial charge in [0.1, 0.15) is 0 Å². The van der Waals surface area contributed by atoms with E-state index >= 15 is 0 Å². The van der Waals surface area contributed by atoms with Crippen LogP contribution in [-0.2, 0) is 16.1 Å². The molecule has 0 radical (unpaired) electrons. The number of ether oxygens (including phenoxy) is 1. The summed E-state index contributed by atoms with van der Waals surface area (Å²) in [6.45, 7) is 3.10. The molecule has 15 heavy (non-hydrogen) atoms. The van der Waals surface area contributed by atoms with Gasteiger partial charge in [0.15, 0.2) is 0 Å². The Balaban J connectivity index is 2.25. The molecule has 0 bridgehead atoms. The zero-order valence-corrected chi connectivity index (χ0v) is 9.06. The van der Waals surface area contributed by atoms with E-state index in [1.165, 1.54) is 7.11 Å². The van der Waals surface area contributed by atoms with Crippen molar-refractivity contribution in [3.63, 3.8) is 0 Å². The van der Waals surface area contributed by atoms with Gasteiger partial charge >= 0.3 is 5.97 Å². The number of hydrogen-bond donors (Lipinski definition) is 1. The van der Waals surface area contributed by atoms with Gasteiger partial charge in [0.05, 0.1) is 18.7 Å².